The quantitative estimate of drug-likeness (QED) is 0.283. The summed E-state index contributed by atoms with van der Waals surface area (Å²) in [5.41, 5.74) is -0.0236. The number of ether oxygens (including phenoxy) is 2. The summed E-state index contributed by atoms with van der Waals surface area (Å²) in [6.45, 7) is 4.50. The highest BCUT2D eigenvalue weighted by molar-refractivity contribution is 5.72. The zero-order valence-electron chi connectivity index (χ0n) is 17.6. The Balaban J connectivity index is 1.56. The molecule has 0 N–H and O–H groups in total. The fourth-order valence-corrected chi connectivity index (χ4v) is 4.03. The Bertz CT molecular complexity index is 1150. The van der Waals surface area contributed by atoms with E-state index in [1.165, 1.54) is 18.4 Å². The maximum Gasteiger partial charge on any atom is 0.159 e. The fraction of sp³-hybridized carbons (Fsp3) is 0.231. The lowest BCUT2D eigenvalue weighted by Gasteiger charge is -2.29. The van der Waals surface area contributed by atoms with Gasteiger partial charge >= 0.3 is 0 Å². The van der Waals surface area contributed by atoms with Crippen molar-refractivity contribution in [3.05, 3.63) is 96.0 Å². The van der Waals surface area contributed by atoms with Gasteiger partial charge in [0.1, 0.15) is 17.5 Å². The molecular formula is C26H21F5O2. The Morgan fingerprint density at radius 1 is 0.818 bits per heavy atom. The van der Waals surface area contributed by atoms with Crippen LogP contribution in [0, 0.1) is 35.0 Å². The SMILES string of the molecule is C=COCC1CCC(c2ccc(-c3cc(F)c(-c4ccc(F)c(F)c4)c(F)c3)c(F)c2)OC1. The maximum absolute atomic E-state index is 14.9. The zero-order chi connectivity index (χ0) is 23.5. The van der Waals surface area contributed by atoms with Gasteiger partial charge in [-0.05, 0) is 59.9 Å². The first-order valence-corrected chi connectivity index (χ1v) is 10.5. The van der Waals surface area contributed by atoms with E-state index in [1.807, 2.05) is 0 Å². The summed E-state index contributed by atoms with van der Waals surface area (Å²) < 4.78 is 82.0. The number of rotatable bonds is 6. The summed E-state index contributed by atoms with van der Waals surface area (Å²) in [6, 6.07) is 8.95. The van der Waals surface area contributed by atoms with Crippen LogP contribution in [0.1, 0.15) is 24.5 Å². The van der Waals surface area contributed by atoms with Gasteiger partial charge in [-0.2, -0.15) is 0 Å². The van der Waals surface area contributed by atoms with Gasteiger partial charge in [0.2, 0.25) is 0 Å². The lowest BCUT2D eigenvalue weighted by molar-refractivity contribution is -0.0331. The summed E-state index contributed by atoms with van der Waals surface area (Å²) >= 11 is 0. The van der Waals surface area contributed by atoms with Gasteiger partial charge in [-0.25, -0.2) is 22.0 Å². The van der Waals surface area contributed by atoms with Crippen LogP contribution < -0.4 is 0 Å². The first-order chi connectivity index (χ1) is 15.9. The van der Waals surface area contributed by atoms with Crippen molar-refractivity contribution in [3.63, 3.8) is 0 Å². The number of benzene rings is 3. The van der Waals surface area contributed by atoms with Crippen molar-refractivity contribution < 1.29 is 31.4 Å². The smallest absolute Gasteiger partial charge is 0.159 e. The minimum Gasteiger partial charge on any atom is -0.501 e. The third-order valence-corrected chi connectivity index (χ3v) is 5.75. The Morgan fingerprint density at radius 2 is 1.55 bits per heavy atom. The molecule has 3 aromatic carbocycles. The highest BCUT2D eigenvalue weighted by Gasteiger charge is 2.24. The van der Waals surface area contributed by atoms with Gasteiger partial charge in [0.05, 0.1) is 31.1 Å². The summed E-state index contributed by atoms with van der Waals surface area (Å²) in [7, 11) is 0. The fourth-order valence-electron chi connectivity index (χ4n) is 4.03. The molecule has 33 heavy (non-hydrogen) atoms. The van der Waals surface area contributed by atoms with Gasteiger partial charge in [0.25, 0.3) is 0 Å². The second-order valence-corrected chi connectivity index (χ2v) is 7.95. The van der Waals surface area contributed by atoms with E-state index in [-0.39, 0.29) is 28.7 Å². The predicted octanol–water partition coefficient (Wildman–Crippen LogP) is 7.34. The molecule has 3 aromatic rings. The zero-order valence-corrected chi connectivity index (χ0v) is 17.6. The molecule has 2 atom stereocenters. The van der Waals surface area contributed by atoms with E-state index in [2.05, 4.69) is 6.58 Å². The Morgan fingerprint density at radius 3 is 2.15 bits per heavy atom. The summed E-state index contributed by atoms with van der Waals surface area (Å²) in [5, 5.41) is 0. The highest BCUT2D eigenvalue weighted by Crippen LogP contribution is 2.36. The van der Waals surface area contributed by atoms with Crippen LogP contribution in [0.25, 0.3) is 22.3 Å². The molecule has 1 aliphatic heterocycles. The third kappa shape index (κ3) is 4.93. The van der Waals surface area contributed by atoms with E-state index in [1.54, 1.807) is 6.07 Å². The Kier molecular flexibility index (Phi) is 6.79. The molecule has 0 amide bonds. The molecule has 4 rings (SSSR count). The van der Waals surface area contributed by atoms with Crippen molar-refractivity contribution in [2.24, 2.45) is 5.92 Å². The van der Waals surface area contributed by atoms with Gasteiger partial charge in [-0.15, -0.1) is 0 Å². The monoisotopic (exact) mass is 460 g/mol. The van der Waals surface area contributed by atoms with Crippen molar-refractivity contribution in [1.82, 2.24) is 0 Å². The summed E-state index contributed by atoms with van der Waals surface area (Å²) in [6.07, 6.45) is 2.65. The van der Waals surface area contributed by atoms with Crippen LogP contribution in [0.2, 0.25) is 0 Å². The molecule has 0 aliphatic carbocycles. The lowest BCUT2D eigenvalue weighted by Crippen LogP contribution is -2.23. The van der Waals surface area contributed by atoms with Crippen LogP contribution in [0.15, 0.2) is 61.4 Å². The molecule has 1 fully saturated rings. The van der Waals surface area contributed by atoms with E-state index >= 15 is 0 Å². The summed E-state index contributed by atoms with van der Waals surface area (Å²) in [4.78, 5) is 0. The van der Waals surface area contributed by atoms with E-state index in [4.69, 9.17) is 9.47 Å². The first-order valence-electron chi connectivity index (χ1n) is 10.5. The van der Waals surface area contributed by atoms with E-state index in [0.29, 0.717) is 31.3 Å². The van der Waals surface area contributed by atoms with Crippen LogP contribution in [0.4, 0.5) is 22.0 Å². The number of hydrogen-bond acceptors (Lipinski definition) is 2. The van der Waals surface area contributed by atoms with Gasteiger partial charge < -0.3 is 9.47 Å². The maximum atomic E-state index is 14.9. The topological polar surface area (TPSA) is 18.5 Å². The highest BCUT2D eigenvalue weighted by atomic mass is 19.2. The van der Waals surface area contributed by atoms with Gasteiger partial charge in [-0.1, -0.05) is 24.8 Å². The average molecular weight is 460 g/mol. The third-order valence-electron chi connectivity index (χ3n) is 5.75. The molecule has 0 radical (unpaired) electrons. The number of halogens is 5. The molecule has 2 nitrogen and oxygen atoms in total. The lowest BCUT2D eigenvalue weighted by atomic mass is 9.93. The van der Waals surface area contributed by atoms with Gasteiger partial charge in [0, 0.05) is 11.5 Å². The van der Waals surface area contributed by atoms with Crippen molar-refractivity contribution in [3.8, 4) is 22.3 Å². The largest absolute Gasteiger partial charge is 0.501 e. The molecule has 7 heteroatoms. The average Bonchev–Trinajstić information content (AvgIpc) is 2.79. The minimum absolute atomic E-state index is 0.00779. The van der Waals surface area contributed by atoms with E-state index in [9.17, 15) is 22.0 Å². The molecule has 1 aliphatic rings. The second kappa shape index (κ2) is 9.75. The van der Waals surface area contributed by atoms with Crippen LogP contribution >= 0.6 is 0 Å². The minimum atomic E-state index is -1.22. The van der Waals surface area contributed by atoms with Gasteiger partial charge in [0.15, 0.2) is 11.6 Å². The Hall–Kier alpha value is -3.19. The predicted molar refractivity (Wildman–Crippen MR) is 115 cm³/mol. The van der Waals surface area contributed by atoms with Crippen LogP contribution in [-0.4, -0.2) is 13.2 Å². The molecule has 0 spiro atoms. The number of hydrogen-bond donors (Lipinski definition) is 0. The standard InChI is InChI=1S/C26H21F5O2/c1-2-32-13-15-3-8-25(33-14-15)16-4-6-19(21(28)9-16)18-11-23(30)26(24(31)12-18)17-5-7-20(27)22(29)10-17/h2,4-7,9-12,15,25H,1,3,8,13-14H2. The normalized spacial score (nSPS) is 18.2. The summed E-state index contributed by atoms with van der Waals surface area (Å²) in [5.74, 6) is -4.77. The van der Waals surface area contributed by atoms with Crippen LogP contribution in [0.3, 0.4) is 0 Å². The van der Waals surface area contributed by atoms with Crippen LogP contribution in [-0.2, 0) is 9.47 Å². The van der Waals surface area contributed by atoms with Crippen LogP contribution in [0.5, 0.6) is 0 Å². The van der Waals surface area contributed by atoms with E-state index in [0.717, 1.165) is 30.7 Å². The second-order valence-electron chi connectivity index (χ2n) is 7.95. The van der Waals surface area contributed by atoms with Crippen molar-refractivity contribution in [2.75, 3.05) is 13.2 Å². The molecular weight excluding hydrogens is 439 g/mol. The van der Waals surface area contributed by atoms with Crippen molar-refractivity contribution in [2.45, 2.75) is 18.9 Å². The van der Waals surface area contributed by atoms with Crippen molar-refractivity contribution >= 4 is 0 Å². The van der Waals surface area contributed by atoms with E-state index < -0.39 is 34.6 Å². The van der Waals surface area contributed by atoms with Crippen molar-refractivity contribution in [1.29, 1.82) is 0 Å². The molecule has 2 unspecified atom stereocenters. The molecule has 0 aromatic heterocycles. The first kappa shape index (κ1) is 23.0. The molecule has 0 saturated carbocycles. The molecule has 172 valence electrons. The molecule has 1 heterocycles. The molecule has 0 bridgehead atoms. The molecule has 1 saturated heterocycles. The van der Waals surface area contributed by atoms with Gasteiger partial charge in [-0.3, -0.25) is 0 Å². The Labute approximate surface area is 188 Å².